The zero-order chi connectivity index (χ0) is 16.1. The van der Waals surface area contributed by atoms with Crippen LogP contribution in [0.4, 0.5) is 5.69 Å². The number of amides is 1. The maximum Gasteiger partial charge on any atom is 0.271 e. The smallest absolute Gasteiger partial charge is 0.271 e. The van der Waals surface area contributed by atoms with E-state index in [-0.39, 0.29) is 5.91 Å². The highest BCUT2D eigenvalue weighted by Crippen LogP contribution is 2.17. The van der Waals surface area contributed by atoms with E-state index in [0.29, 0.717) is 5.56 Å². The Hall–Kier alpha value is -2.14. The summed E-state index contributed by atoms with van der Waals surface area (Å²) in [7, 11) is 3.98. The lowest BCUT2D eigenvalue weighted by Crippen LogP contribution is -2.17. The first-order chi connectivity index (χ1) is 10.5. The number of aryl methyl sites for hydroxylation is 1. The zero-order valence-corrected chi connectivity index (χ0v) is 14.4. The third kappa shape index (κ3) is 4.18. The van der Waals surface area contributed by atoms with Crippen molar-refractivity contribution in [1.82, 2.24) is 5.43 Å². The Morgan fingerprint density at radius 3 is 2.45 bits per heavy atom. The van der Waals surface area contributed by atoms with E-state index in [1.54, 1.807) is 18.3 Å². The summed E-state index contributed by atoms with van der Waals surface area (Å²) in [6.07, 6.45) is 1.63. The standard InChI is InChI=1S/C17H18BrN3O/c1-12-4-7-14(10-16(12)18)17(22)20-19-11-13-5-8-15(9-6-13)21(2)3/h4-11H,1-3H3,(H,20,22)/b19-11+. The quantitative estimate of drug-likeness (QED) is 0.669. The van der Waals surface area contributed by atoms with Crippen LogP contribution in [-0.4, -0.2) is 26.2 Å². The molecule has 0 heterocycles. The van der Waals surface area contributed by atoms with Crippen LogP contribution >= 0.6 is 15.9 Å². The molecule has 0 fully saturated rings. The Morgan fingerprint density at radius 2 is 1.86 bits per heavy atom. The van der Waals surface area contributed by atoms with Crippen molar-refractivity contribution in [3.8, 4) is 0 Å². The van der Waals surface area contributed by atoms with Gasteiger partial charge in [-0.25, -0.2) is 5.43 Å². The second-order valence-corrected chi connectivity index (χ2v) is 6.00. The molecule has 22 heavy (non-hydrogen) atoms. The number of hydrogen-bond acceptors (Lipinski definition) is 3. The molecule has 5 heteroatoms. The number of carbonyl (C=O) groups excluding carboxylic acids is 1. The monoisotopic (exact) mass is 359 g/mol. The topological polar surface area (TPSA) is 44.7 Å². The fourth-order valence-corrected chi connectivity index (χ4v) is 2.20. The van der Waals surface area contributed by atoms with Crippen LogP contribution in [0.2, 0.25) is 0 Å². The molecule has 1 amide bonds. The summed E-state index contributed by atoms with van der Waals surface area (Å²) in [5.74, 6) is -0.234. The Bertz CT molecular complexity index is 694. The van der Waals surface area contributed by atoms with E-state index in [0.717, 1.165) is 21.3 Å². The summed E-state index contributed by atoms with van der Waals surface area (Å²) in [4.78, 5) is 14.0. The van der Waals surface area contributed by atoms with E-state index >= 15 is 0 Å². The summed E-state index contributed by atoms with van der Waals surface area (Å²) >= 11 is 3.42. The van der Waals surface area contributed by atoms with Crippen molar-refractivity contribution in [2.45, 2.75) is 6.92 Å². The van der Waals surface area contributed by atoms with E-state index in [1.807, 2.05) is 56.3 Å². The first-order valence-corrected chi connectivity index (χ1v) is 7.63. The molecule has 0 aliphatic heterocycles. The maximum absolute atomic E-state index is 12.0. The summed E-state index contributed by atoms with van der Waals surface area (Å²) in [5.41, 5.74) is 6.23. The Labute approximate surface area is 139 Å². The van der Waals surface area contributed by atoms with Crippen molar-refractivity contribution in [1.29, 1.82) is 0 Å². The molecule has 0 bridgehead atoms. The molecule has 114 valence electrons. The molecule has 0 unspecified atom stereocenters. The summed E-state index contributed by atoms with van der Waals surface area (Å²) in [5, 5.41) is 3.99. The minimum atomic E-state index is -0.234. The van der Waals surface area contributed by atoms with Crippen molar-refractivity contribution >= 4 is 33.7 Å². The average molecular weight is 360 g/mol. The number of halogens is 1. The molecule has 0 atom stereocenters. The van der Waals surface area contributed by atoms with Gasteiger partial charge in [0.2, 0.25) is 0 Å². The minimum absolute atomic E-state index is 0.234. The van der Waals surface area contributed by atoms with Gasteiger partial charge in [0.1, 0.15) is 0 Å². The van der Waals surface area contributed by atoms with Gasteiger partial charge in [0.25, 0.3) is 5.91 Å². The molecule has 4 nitrogen and oxygen atoms in total. The van der Waals surface area contributed by atoms with Crippen molar-refractivity contribution < 1.29 is 4.79 Å². The van der Waals surface area contributed by atoms with E-state index in [9.17, 15) is 4.79 Å². The van der Waals surface area contributed by atoms with Gasteiger partial charge in [-0.05, 0) is 42.3 Å². The minimum Gasteiger partial charge on any atom is -0.378 e. The fourth-order valence-electron chi connectivity index (χ4n) is 1.82. The van der Waals surface area contributed by atoms with Crippen LogP contribution in [0.5, 0.6) is 0 Å². The van der Waals surface area contributed by atoms with Gasteiger partial charge in [0.05, 0.1) is 6.21 Å². The van der Waals surface area contributed by atoms with Gasteiger partial charge in [-0.15, -0.1) is 0 Å². The second-order valence-electron chi connectivity index (χ2n) is 5.15. The highest BCUT2D eigenvalue weighted by molar-refractivity contribution is 9.10. The van der Waals surface area contributed by atoms with Gasteiger partial charge < -0.3 is 4.90 Å². The number of anilines is 1. The number of hydrogen-bond donors (Lipinski definition) is 1. The van der Waals surface area contributed by atoms with Crippen LogP contribution in [0, 0.1) is 6.92 Å². The largest absolute Gasteiger partial charge is 0.378 e. The number of carbonyl (C=O) groups is 1. The van der Waals surface area contributed by atoms with Crippen molar-refractivity contribution in [3.63, 3.8) is 0 Å². The molecule has 1 N–H and O–H groups in total. The van der Waals surface area contributed by atoms with E-state index in [4.69, 9.17) is 0 Å². The summed E-state index contributed by atoms with van der Waals surface area (Å²) in [6.45, 7) is 1.97. The zero-order valence-electron chi connectivity index (χ0n) is 12.8. The molecule has 0 saturated carbocycles. The lowest BCUT2D eigenvalue weighted by atomic mass is 10.1. The van der Waals surface area contributed by atoms with Gasteiger partial charge in [-0.3, -0.25) is 4.79 Å². The highest BCUT2D eigenvalue weighted by atomic mass is 79.9. The predicted octanol–water partition coefficient (Wildman–Crippen LogP) is 3.59. The highest BCUT2D eigenvalue weighted by Gasteiger charge is 2.05. The Kier molecular flexibility index (Phi) is 5.33. The third-order valence-electron chi connectivity index (χ3n) is 3.22. The molecule has 0 aromatic heterocycles. The number of nitrogens with zero attached hydrogens (tertiary/aromatic N) is 2. The summed E-state index contributed by atoms with van der Waals surface area (Å²) in [6, 6.07) is 13.4. The van der Waals surface area contributed by atoms with Gasteiger partial charge in [0.15, 0.2) is 0 Å². The number of hydrazone groups is 1. The van der Waals surface area contributed by atoms with Crippen molar-refractivity contribution in [2.24, 2.45) is 5.10 Å². The normalized spacial score (nSPS) is 10.7. The first-order valence-electron chi connectivity index (χ1n) is 6.84. The maximum atomic E-state index is 12.0. The van der Waals surface area contributed by atoms with Gasteiger partial charge >= 0.3 is 0 Å². The molecular formula is C17H18BrN3O. The lowest BCUT2D eigenvalue weighted by Gasteiger charge is -2.11. The number of nitrogens with one attached hydrogen (secondary N) is 1. The van der Waals surface area contributed by atoms with E-state index < -0.39 is 0 Å². The molecular weight excluding hydrogens is 342 g/mol. The third-order valence-corrected chi connectivity index (χ3v) is 4.08. The molecule has 2 aromatic rings. The molecule has 0 aliphatic rings. The van der Waals surface area contributed by atoms with Crippen LogP contribution < -0.4 is 10.3 Å². The van der Waals surface area contributed by atoms with Crippen LogP contribution in [0.3, 0.4) is 0 Å². The molecule has 0 aliphatic carbocycles. The van der Waals surface area contributed by atoms with E-state index in [1.165, 1.54) is 0 Å². The van der Waals surface area contributed by atoms with Crippen LogP contribution in [0.25, 0.3) is 0 Å². The fraction of sp³-hybridized carbons (Fsp3) is 0.176. The van der Waals surface area contributed by atoms with Crippen LogP contribution in [-0.2, 0) is 0 Å². The molecule has 0 saturated heterocycles. The SMILES string of the molecule is Cc1ccc(C(=O)N/N=C/c2ccc(N(C)C)cc2)cc1Br. The van der Waals surface area contributed by atoms with Gasteiger partial charge in [-0.1, -0.05) is 34.1 Å². The Morgan fingerprint density at radius 1 is 1.18 bits per heavy atom. The molecule has 2 rings (SSSR count). The van der Waals surface area contributed by atoms with E-state index in [2.05, 4.69) is 26.5 Å². The van der Waals surface area contributed by atoms with Crippen molar-refractivity contribution in [3.05, 3.63) is 63.6 Å². The van der Waals surface area contributed by atoms with Crippen LogP contribution in [0.15, 0.2) is 52.0 Å². The Balaban J connectivity index is 1.99. The van der Waals surface area contributed by atoms with Gasteiger partial charge in [0, 0.05) is 29.8 Å². The number of rotatable bonds is 4. The lowest BCUT2D eigenvalue weighted by molar-refractivity contribution is 0.0955. The molecule has 2 aromatic carbocycles. The average Bonchev–Trinajstić information content (AvgIpc) is 2.50. The summed E-state index contributed by atoms with van der Waals surface area (Å²) < 4.78 is 0.906. The molecule has 0 spiro atoms. The van der Waals surface area contributed by atoms with Crippen molar-refractivity contribution in [2.75, 3.05) is 19.0 Å². The first kappa shape index (κ1) is 16.2. The number of benzene rings is 2. The molecule has 0 radical (unpaired) electrons. The van der Waals surface area contributed by atoms with Gasteiger partial charge in [-0.2, -0.15) is 5.10 Å². The van der Waals surface area contributed by atoms with Crippen LogP contribution in [0.1, 0.15) is 21.5 Å². The second kappa shape index (κ2) is 7.22. The predicted molar refractivity (Wildman–Crippen MR) is 94.7 cm³/mol.